The van der Waals surface area contributed by atoms with Crippen molar-refractivity contribution in [1.82, 2.24) is 5.48 Å². The minimum Gasteiger partial charge on any atom is -0.496 e. The summed E-state index contributed by atoms with van der Waals surface area (Å²) in [5, 5.41) is 8.71. The fourth-order valence-electron chi connectivity index (χ4n) is 1.03. The van der Waals surface area contributed by atoms with Crippen molar-refractivity contribution in [3.05, 3.63) is 28.2 Å². The highest BCUT2D eigenvalue weighted by molar-refractivity contribution is 9.10. The third kappa shape index (κ3) is 2.43. The Morgan fingerprint density at radius 2 is 2.23 bits per heavy atom. The second kappa shape index (κ2) is 4.60. The molecular formula is C9H12BrNO2. The molecule has 2 N–H and O–H groups in total. The second-order valence-electron chi connectivity index (χ2n) is 2.74. The molecule has 1 aromatic rings. The van der Waals surface area contributed by atoms with E-state index < -0.39 is 0 Å². The van der Waals surface area contributed by atoms with Crippen LogP contribution in [0.25, 0.3) is 0 Å². The molecule has 4 heteroatoms. The van der Waals surface area contributed by atoms with Crippen LogP contribution in [0.3, 0.4) is 0 Å². The Labute approximate surface area is 85.8 Å². The molecule has 0 aromatic heterocycles. The number of hydroxylamine groups is 1. The smallest absolute Gasteiger partial charge is 0.133 e. The van der Waals surface area contributed by atoms with Gasteiger partial charge < -0.3 is 9.94 Å². The number of benzene rings is 1. The van der Waals surface area contributed by atoms with Gasteiger partial charge in [0.2, 0.25) is 0 Å². The van der Waals surface area contributed by atoms with Crippen molar-refractivity contribution in [3.63, 3.8) is 0 Å². The maximum absolute atomic E-state index is 8.71. The Bertz CT molecular complexity index is 291. The highest BCUT2D eigenvalue weighted by atomic mass is 79.9. The molecule has 0 heterocycles. The first-order valence-electron chi connectivity index (χ1n) is 3.92. The van der Waals surface area contributed by atoms with Gasteiger partial charge in [-0.2, -0.15) is 5.48 Å². The van der Waals surface area contributed by atoms with Crippen LogP contribution in [0.1, 0.15) is 18.5 Å². The predicted molar refractivity (Wildman–Crippen MR) is 54.0 cm³/mol. The third-order valence-electron chi connectivity index (χ3n) is 1.87. The van der Waals surface area contributed by atoms with E-state index in [9.17, 15) is 0 Å². The van der Waals surface area contributed by atoms with E-state index in [2.05, 4.69) is 21.4 Å². The summed E-state index contributed by atoms with van der Waals surface area (Å²) in [5.74, 6) is 0.786. The summed E-state index contributed by atoms with van der Waals surface area (Å²) >= 11 is 3.37. The molecule has 0 spiro atoms. The molecule has 0 saturated heterocycles. The highest BCUT2D eigenvalue weighted by Crippen LogP contribution is 2.27. The van der Waals surface area contributed by atoms with E-state index in [1.165, 1.54) is 0 Å². The molecule has 1 rings (SSSR count). The quantitative estimate of drug-likeness (QED) is 0.805. The van der Waals surface area contributed by atoms with Crippen molar-refractivity contribution < 1.29 is 9.94 Å². The van der Waals surface area contributed by atoms with Gasteiger partial charge in [-0.1, -0.05) is 6.07 Å². The summed E-state index contributed by atoms with van der Waals surface area (Å²) in [7, 11) is 1.62. The lowest BCUT2D eigenvalue weighted by Gasteiger charge is -2.11. The van der Waals surface area contributed by atoms with Gasteiger partial charge in [0, 0.05) is 0 Å². The molecule has 3 nitrogen and oxygen atoms in total. The third-order valence-corrected chi connectivity index (χ3v) is 2.49. The summed E-state index contributed by atoms with van der Waals surface area (Å²) in [6.45, 7) is 1.87. The van der Waals surface area contributed by atoms with Crippen molar-refractivity contribution in [2.24, 2.45) is 0 Å². The fraction of sp³-hybridized carbons (Fsp3) is 0.333. The lowest BCUT2D eigenvalue weighted by Crippen LogP contribution is -2.12. The number of nitrogens with one attached hydrogen (secondary N) is 1. The molecule has 1 atom stereocenters. The van der Waals surface area contributed by atoms with Crippen LogP contribution in [0, 0.1) is 0 Å². The van der Waals surface area contributed by atoms with Gasteiger partial charge in [-0.05, 0) is 40.5 Å². The molecule has 13 heavy (non-hydrogen) atoms. The molecule has 72 valence electrons. The van der Waals surface area contributed by atoms with Gasteiger partial charge in [0.15, 0.2) is 0 Å². The van der Waals surface area contributed by atoms with Gasteiger partial charge in [-0.15, -0.1) is 0 Å². The fourth-order valence-corrected chi connectivity index (χ4v) is 1.58. The first-order valence-corrected chi connectivity index (χ1v) is 4.71. The average Bonchev–Trinajstić information content (AvgIpc) is 2.16. The van der Waals surface area contributed by atoms with Crippen LogP contribution in [-0.2, 0) is 0 Å². The molecule has 1 unspecified atom stereocenters. The number of hydrogen-bond acceptors (Lipinski definition) is 3. The lowest BCUT2D eigenvalue weighted by atomic mass is 10.1. The Kier molecular flexibility index (Phi) is 3.71. The largest absolute Gasteiger partial charge is 0.496 e. The molecule has 0 saturated carbocycles. The van der Waals surface area contributed by atoms with Crippen LogP contribution in [0.2, 0.25) is 0 Å². The van der Waals surface area contributed by atoms with Crippen LogP contribution < -0.4 is 10.2 Å². The van der Waals surface area contributed by atoms with Crippen LogP contribution in [-0.4, -0.2) is 12.3 Å². The first kappa shape index (κ1) is 10.5. The van der Waals surface area contributed by atoms with Gasteiger partial charge in [-0.25, -0.2) is 0 Å². The zero-order valence-electron chi connectivity index (χ0n) is 7.54. The summed E-state index contributed by atoms with van der Waals surface area (Å²) in [6, 6.07) is 5.58. The number of hydrogen-bond donors (Lipinski definition) is 2. The molecule has 0 radical (unpaired) electrons. The first-order chi connectivity index (χ1) is 6.19. The lowest BCUT2D eigenvalue weighted by molar-refractivity contribution is 0.133. The van der Waals surface area contributed by atoms with Crippen LogP contribution in [0.5, 0.6) is 5.75 Å². The minimum absolute atomic E-state index is 0.0813. The molecule has 0 aliphatic carbocycles. The Hall–Kier alpha value is -0.580. The van der Waals surface area contributed by atoms with E-state index in [1.807, 2.05) is 25.1 Å². The summed E-state index contributed by atoms with van der Waals surface area (Å²) in [6.07, 6.45) is 0. The standard InChI is InChI=1S/C9H12BrNO2/c1-6(11-12)7-3-4-9(13-2)8(10)5-7/h3-6,11-12H,1-2H3. The Morgan fingerprint density at radius 3 is 2.69 bits per heavy atom. The minimum atomic E-state index is -0.0813. The van der Waals surface area contributed by atoms with Crippen molar-refractivity contribution >= 4 is 15.9 Å². The summed E-state index contributed by atoms with van der Waals surface area (Å²) in [5.41, 5.74) is 3.18. The van der Waals surface area contributed by atoms with E-state index in [4.69, 9.17) is 9.94 Å². The number of rotatable bonds is 3. The summed E-state index contributed by atoms with van der Waals surface area (Å²) in [4.78, 5) is 0. The average molecular weight is 246 g/mol. The van der Waals surface area contributed by atoms with Gasteiger partial charge in [0.05, 0.1) is 17.6 Å². The van der Waals surface area contributed by atoms with E-state index >= 15 is 0 Å². The van der Waals surface area contributed by atoms with Crippen molar-refractivity contribution in [2.75, 3.05) is 7.11 Å². The van der Waals surface area contributed by atoms with Crippen molar-refractivity contribution in [2.45, 2.75) is 13.0 Å². The Morgan fingerprint density at radius 1 is 1.54 bits per heavy atom. The van der Waals surface area contributed by atoms with E-state index in [1.54, 1.807) is 7.11 Å². The highest BCUT2D eigenvalue weighted by Gasteiger charge is 2.06. The topological polar surface area (TPSA) is 41.5 Å². The monoisotopic (exact) mass is 245 g/mol. The molecule has 0 bridgehead atoms. The van der Waals surface area contributed by atoms with Crippen LogP contribution in [0.4, 0.5) is 0 Å². The normalized spacial score (nSPS) is 12.6. The van der Waals surface area contributed by atoms with Gasteiger partial charge in [0.25, 0.3) is 0 Å². The molecule has 0 fully saturated rings. The van der Waals surface area contributed by atoms with Gasteiger partial charge in [0.1, 0.15) is 5.75 Å². The SMILES string of the molecule is COc1ccc(C(C)NO)cc1Br. The van der Waals surface area contributed by atoms with Crippen LogP contribution >= 0.6 is 15.9 Å². The zero-order valence-corrected chi connectivity index (χ0v) is 9.13. The van der Waals surface area contributed by atoms with Crippen molar-refractivity contribution in [1.29, 1.82) is 0 Å². The van der Waals surface area contributed by atoms with Gasteiger partial charge >= 0.3 is 0 Å². The number of halogens is 1. The Balaban J connectivity index is 2.95. The van der Waals surface area contributed by atoms with E-state index in [0.29, 0.717) is 0 Å². The van der Waals surface area contributed by atoms with E-state index in [0.717, 1.165) is 15.8 Å². The maximum atomic E-state index is 8.71. The van der Waals surface area contributed by atoms with Gasteiger partial charge in [-0.3, -0.25) is 0 Å². The molecule has 0 amide bonds. The molecule has 0 aliphatic rings. The molecule has 0 aliphatic heterocycles. The second-order valence-corrected chi connectivity index (χ2v) is 3.60. The summed E-state index contributed by atoms with van der Waals surface area (Å²) < 4.78 is 5.97. The molecule has 1 aromatic carbocycles. The molecular weight excluding hydrogens is 234 g/mol. The number of ether oxygens (including phenoxy) is 1. The maximum Gasteiger partial charge on any atom is 0.133 e. The van der Waals surface area contributed by atoms with E-state index in [-0.39, 0.29) is 6.04 Å². The number of methoxy groups -OCH3 is 1. The zero-order chi connectivity index (χ0) is 9.84. The van der Waals surface area contributed by atoms with Crippen LogP contribution in [0.15, 0.2) is 22.7 Å². The predicted octanol–water partition coefficient (Wildman–Crippen LogP) is 2.50. The van der Waals surface area contributed by atoms with Crippen molar-refractivity contribution in [3.8, 4) is 5.75 Å².